The predicted molar refractivity (Wildman–Crippen MR) is 152 cm³/mol. The van der Waals surface area contributed by atoms with Gasteiger partial charge in [0.2, 0.25) is 0 Å². The maximum atomic E-state index is 12.1. The van der Waals surface area contributed by atoms with E-state index in [9.17, 15) is 4.79 Å². The van der Waals surface area contributed by atoms with E-state index in [0.717, 1.165) is 35.4 Å². The second-order valence-corrected chi connectivity index (χ2v) is 10.4. The number of nitrogens with zero attached hydrogens (tertiary/aromatic N) is 4. The Labute approximate surface area is 239 Å². The summed E-state index contributed by atoms with van der Waals surface area (Å²) in [7, 11) is 3.26. The molecule has 40 heavy (non-hydrogen) atoms. The molecule has 10 nitrogen and oxygen atoms in total. The largest absolute Gasteiger partial charge is 0.493 e. The molecule has 1 N–H and O–H groups in total. The minimum atomic E-state index is -1.22. The van der Waals surface area contributed by atoms with E-state index >= 15 is 0 Å². The van der Waals surface area contributed by atoms with E-state index in [0.29, 0.717) is 23.0 Å². The number of hydrogen-bond acceptors (Lipinski definition) is 7. The van der Waals surface area contributed by atoms with Gasteiger partial charge >= 0.3 is 5.97 Å². The highest BCUT2D eigenvalue weighted by molar-refractivity contribution is 6.30. The van der Waals surface area contributed by atoms with Gasteiger partial charge in [-0.15, -0.1) is 0 Å². The molecule has 214 valence electrons. The Kier molecular flexibility index (Phi) is 9.32. The third-order valence-electron chi connectivity index (χ3n) is 7.02. The lowest BCUT2D eigenvalue weighted by Crippen LogP contribution is -2.33. The number of fused-ring (bicyclic) bond motifs is 3. The van der Waals surface area contributed by atoms with Crippen LogP contribution in [0.4, 0.5) is 0 Å². The van der Waals surface area contributed by atoms with Gasteiger partial charge in [-0.25, -0.2) is 0 Å². The predicted octanol–water partition coefficient (Wildman–Crippen LogP) is 7.27. The number of methoxy groups -OCH3 is 2. The summed E-state index contributed by atoms with van der Waals surface area (Å²) in [5.41, 5.74) is 10.8. The van der Waals surface area contributed by atoms with E-state index in [1.54, 1.807) is 35.0 Å². The minimum absolute atomic E-state index is 0.222. The number of carbonyl (C=O) groups is 1. The molecule has 1 aliphatic heterocycles. The molecule has 0 saturated carbocycles. The van der Waals surface area contributed by atoms with Crippen LogP contribution in [0.25, 0.3) is 11.4 Å². The molecule has 2 aliphatic rings. The van der Waals surface area contributed by atoms with Gasteiger partial charge in [0.1, 0.15) is 12.2 Å². The van der Waals surface area contributed by atoms with Crippen molar-refractivity contribution in [1.82, 2.24) is 4.57 Å². The van der Waals surface area contributed by atoms with E-state index in [2.05, 4.69) is 20.0 Å². The normalized spacial score (nSPS) is 19.6. The van der Waals surface area contributed by atoms with Gasteiger partial charge < -0.3 is 34.3 Å². The Morgan fingerprint density at radius 1 is 1.25 bits per heavy atom. The SMILES string of the molecule is CCOC(=O)C(C)(C)/C([NH-])=N/N=NCC[C@H]1O[C@H](C2=C(OC)C(OC)=CCC2)c2cc(Cl)ccc2-n2cccc21. The number of esters is 1. The van der Waals surface area contributed by atoms with Crippen molar-refractivity contribution < 1.29 is 23.7 Å². The van der Waals surface area contributed by atoms with Crippen LogP contribution >= 0.6 is 11.6 Å². The van der Waals surface area contributed by atoms with Gasteiger partial charge in [-0.05, 0) is 70.0 Å². The zero-order valence-corrected chi connectivity index (χ0v) is 24.2. The van der Waals surface area contributed by atoms with Crippen LogP contribution in [-0.2, 0) is 23.7 Å². The Bertz CT molecular complexity index is 1360. The van der Waals surface area contributed by atoms with Crippen LogP contribution in [0.15, 0.2) is 75.1 Å². The molecule has 0 saturated heterocycles. The number of amidine groups is 1. The zero-order chi connectivity index (χ0) is 28.9. The number of allylic oxidation sites excluding steroid dienone is 1. The van der Waals surface area contributed by atoms with Crippen LogP contribution in [0.3, 0.4) is 0 Å². The van der Waals surface area contributed by atoms with Gasteiger partial charge in [-0.2, -0.15) is 10.3 Å². The van der Waals surface area contributed by atoms with Gasteiger partial charge in [0, 0.05) is 28.8 Å². The van der Waals surface area contributed by atoms with Gasteiger partial charge in [0.15, 0.2) is 11.5 Å². The van der Waals surface area contributed by atoms with Gasteiger partial charge in [-0.3, -0.25) is 4.79 Å². The van der Waals surface area contributed by atoms with Crippen molar-refractivity contribution in [3.8, 4) is 5.69 Å². The van der Waals surface area contributed by atoms with Crippen LogP contribution in [-0.4, -0.2) is 43.7 Å². The second-order valence-electron chi connectivity index (χ2n) is 9.92. The number of ether oxygens (including phenoxy) is 4. The van der Waals surface area contributed by atoms with Gasteiger partial charge in [0.05, 0.1) is 44.2 Å². The highest BCUT2D eigenvalue weighted by atomic mass is 35.5. The summed E-state index contributed by atoms with van der Waals surface area (Å²) in [6.07, 6.45) is 5.27. The molecule has 1 aromatic carbocycles. The average molecular weight is 569 g/mol. The standard InChI is InChI=1S/C29H35ClN5O5/c1-6-39-28(36)29(2,3)27(31)33-34-32-15-14-23-22-10-8-16-35(22)21-13-12-18(30)17-20(21)25(40-23)19-9-7-11-24(37-4)26(19)38-5/h8,10-13,16-17,23,25H,6-7,9,14-15H2,1-5H3,(H-,31,32,33)/q-1/t23-,25-/m1/s1. The molecule has 0 bridgehead atoms. The minimum Gasteiger partial charge on any atom is -0.493 e. The summed E-state index contributed by atoms with van der Waals surface area (Å²) in [6.45, 7) is 5.37. The number of halogens is 1. The Morgan fingerprint density at radius 2 is 2.05 bits per heavy atom. The number of benzene rings is 1. The first-order chi connectivity index (χ1) is 19.2. The highest BCUT2D eigenvalue weighted by Gasteiger charge is 2.35. The smallest absolute Gasteiger partial charge is 0.315 e. The molecular formula is C29H35ClN5O5-. The lowest BCUT2D eigenvalue weighted by atomic mass is 9.91. The molecular weight excluding hydrogens is 534 g/mol. The Hall–Kier alpha value is -3.63. The van der Waals surface area contributed by atoms with E-state index in [-0.39, 0.29) is 25.1 Å². The maximum Gasteiger partial charge on any atom is 0.315 e. The average Bonchev–Trinajstić information content (AvgIpc) is 3.39. The lowest BCUT2D eigenvalue weighted by Gasteiger charge is -2.29. The fraction of sp³-hybridized carbons (Fsp3) is 0.448. The number of rotatable bonds is 10. The molecule has 2 heterocycles. The molecule has 1 aliphatic carbocycles. The van der Waals surface area contributed by atoms with Crippen LogP contribution in [0, 0.1) is 5.41 Å². The molecule has 1 aromatic heterocycles. The summed E-state index contributed by atoms with van der Waals surface area (Å²) < 4.78 is 25.4. The Morgan fingerprint density at radius 3 is 2.77 bits per heavy atom. The molecule has 0 radical (unpaired) electrons. The van der Waals surface area contributed by atoms with E-state index < -0.39 is 17.5 Å². The highest BCUT2D eigenvalue weighted by Crippen LogP contribution is 2.46. The van der Waals surface area contributed by atoms with Crippen LogP contribution in [0.1, 0.15) is 63.5 Å². The van der Waals surface area contributed by atoms with Crippen molar-refractivity contribution in [2.45, 2.75) is 52.2 Å². The van der Waals surface area contributed by atoms with Gasteiger partial charge in [0.25, 0.3) is 0 Å². The first-order valence-electron chi connectivity index (χ1n) is 13.2. The summed E-state index contributed by atoms with van der Waals surface area (Å²) >= 11 is 6.48. The van der Waals surface area contributed by atoms with Crippen LogP contribution < -0.4 is 0 Å². The van der Waals surface area contributed by atoms with Crippen molar-refractivity contribution in [2.24, 2.45) is 20.9 Å². The number of nitrogens with one attached hydrogen (secondary N) is 1. The lowest BCUT2D eigenvalue weighted by molar-refractivity contribution is -0.149. The van der Waals surface area contributed by atoms with Crippen LogP contribution in [0.5, 0.6) is 0 Å². The van der Waals surface area contributed by atoms with E-state index in [1.807, 2.05) is 42.6 Å². The fourth-order valence-corrected chi connectivity index (χ4v) is 5.01. The molecule has 2 aromatic rings. The third kappa shape index (κ3) is 5.93. The quantitative estimate of drug-likeness (QED) is 0.0981. The second kappa shape index (κ2) is 12.7. The van der Waals surface area contributed by atoms with Crippen molar-refractivity contribution in [1.29, 1.82) is 0 Å². The van der Waals surface area contributed by atoms with Crippen molar-refractivity contribution in [3.63, 3.8) is 0 Å². The van der Waals surface area contributed by atoms with Crippen molar-refractivity contribution in [2.75, 3.05) is 27.4 Å². The third-order valence-corrected chi connectivity index (χ3v) is 7.25. The monoisotopic (exact) mass is 568 g/mol. The first-order valence-corrected chi connectivity index (χ1v) is 13.6. The molecule has 0 fully saturated rings. The van der Waals surface area contributed by atoms with Crippen LogP contribution in [0.2, 0.25) is 5.02 Å². The fourth-order valence-electron chi connectivity index (χ4n) is 4.83. The van der Waals surface area contributed by atoms with Crippen molar-refractivity contribution in [3.05, 3.63) is 81.7 Å². The number of hydrogen-bond donors (Lipinski definition) is 0. The molecule has 2 atom stereocenters. The molecule has 0 spiro atoms. The zero-order valence-electron chi connectivity index (χ0n) is 23.4. The summed E-state index contributed by atoms with van der Waals surface area (Å²) in [6, 6.07) is 9.81. The molecule has 0 unspecified atom stereocenters. The molecule has 0 amide bonds. The first kappa shape index (κ1) is 29.4. The maximum absolute atomic E-state index is 12.1. The Balaban J connectivity index is 1.63. The molecule has 11 heteroatoms. The van der Waals surface area contributed by atoms with E-state index in [4.69, 9.17) is 36.3 Å². The topological polar surface area (TPSA) is 120 Å². The van der Waals surface area contributed by atoms with Crippen molar-refractivity contribution >= 4 is 23.4 Å². The summed E-state index contributed by atoms with van der Waals surface area (Å²) in [5.74, 6) is 0.590. The summed E-state index contributed by atoms with van der Waals surface area (Å²) in [4.78, 5) is 12.1. The number of aromatic nitrogens is 1. The van der Waals surface area contributed by atoms with E-state index in [1.165, 1.54) is 0 Å². The number of carbonyl (C=O) groups excluding carboxylic acids is 1. The van der Waals surface area contributed by atoms with Gasteiger partial charge in [-0.1, -0.05) is 17.4 Å². The molecule has 4 rings (SSSR count). The summed E-state index contributed by atoms with van der Waals surface area (Å²) in [5, 5.41) is 12.4.